The van der Waals surface area contributed by atoms with E-state index in [1.165, 1.54) is 0 Å². The minimum absolute atomic E-state index is 0.204. The normalized spacial score (nSPS) is 13.9. The molecule has 16 heavy (non-hydrogen) atoms. The van der Waals surface area contributed by atoms with Crippen LogP contribution in [-0.4, -0.2) is 26.2 Å². The second-order valence-electron chi connectivity index (χ2n) is 3.54. The van der Waals surface area contributed by atoms with Crippen LogP contribution in [-0.2, 0) is 9.53 Å². The zero-order valence-corrected chi connectivity index (χ0v) is 9.43. The van der Waals surface area contributed by atoms with E-state index in [0.29, 0.717) is 6.61 Å². The van der Waals surface area contributed by atoms with Crippen LogP contribution in [0.5, 0.6) is 0 Å². The van der Waals surface area contributed by atoms with E-state index in [2.05, 4.69) is 6.67 Å². The first-order valence-corrected chi connectivity index (χ1v) is 5.24. The molecular formula is C12H14N2O2. The van der Waals surface area contributed by atoms with Gasteiger partial charge >= 0.3 is 5.97 Å². The number of ether oxygens (including phenoxy) is 1. The highest BCUT2D eigenvalue weighted by Gasteiger charge is 2.26. The maximum absolute atomic E-state index is 11.4. The van der Waals surface area contributed by atoms with Crippen LogP contribution in [0.15, 0.2) is 24.3 Å². The topological polar surface area (TPSA) is 32.8 Å². The molecule has 1 heterocycles. The van der Waals surface area contributed by atoms with E-state index in [-0.39, 0.29) is 12.5 Å². The second-order valence-corrected chi connectivity index (χ2v) is 3.54. The van der Waals surface area contributed by atoms with Crippen molar-refractivity contribution in [3.05, 3.63) is 30.9 Å². The molecule has 0 saturated carbocycles. The number of esters is 1. The zero-order valence-electron chi connectivity index (χ0n) is 9.43. The SMILES string of the molecule is CCOC(=O)CN1[C]N(C)c2ccccc21. The number of fused-ring (bicyclic) bond motifs is 1. The lowest BCUT2D eigenvalue weighted by Gasteiger charge is -2.15. The van der Waals surface area contributed by atoms with Crippen molar-refractivity contribution in [1.82, 2.24) is 0 Å². The smallest absolute Gasteiger partial charge is 0.325 e. The Balaban J connectivity index is 2.12. The van der Waals surface area contributed by atoms with Gasteiger partial charge < -0.3 is 14.5 Å². The number of benzene rings is 1. The lowest BCUT2D eigenvalue weighted by molar-refractivity contribution is -0.141. The highest BCUT2D eigenvalue weighted by molar-refractivity contribution is 5.84. The third-order valence-corrected chi connectivity index (χ3v) is 2.40. The molecular weight excluding hydrogens is 204 g/mol. The van der Waals surface area contributed by atoms with Gasteiger partial charge in [-0.25, -0.2) is 0 Å². The van der Waals surface area contributed by atoms with E-state index in [4.69, 9.17) is 4.74 Å². The molecule has 0 spiro atoms. The number of nitrogens with zero attached hydrogens (tertiary/aromatic N) is 2. The first kappa shape index (κ1) is 10.8. The molecule has 0 saturated heterocycles. The minimum Gasteiger partial charge on any atom is -0.465 e. The van der Waals surface area contributed by atoms with Crippen LogP contribution < -0.4 is 9.80 Å². The largest absolute Gasteiger partial charge is 0.465 e. The molecule has 4 heteroatoms. The van der Waals surface area contributed by atoms with Gasteiger partial charge in [0.05, 0.1) is 18.0 Å². The molecule has 1 aliphatic heterocycles. The molecule has 1 aromatic rings. The van der Waals surface area contributed by atoms with Gasteiger partial charge in [0.15, 0.2) is 0 Å². The molecule has 0 fully saturated rings. The number of carbonyl (C=O) groups is 1. The van der Waals surface area contributed by atoms with Crippen LogP contribution >= 0.6 is 0 Å². The third-order valence-electron chi connectivity index (χ3n) is 2.40. The van der Waals surface area contributed by atoms with Crippen molar-refractivity contribution in [2.24, 2.45) is 0 Å². The minimum atomic E-state index is -0.236. The second kappa shape index (κ2) is 4.43. The summed E-state index contributed by atoms with van der Waals surface area (Å²) < 4.78 is 4.91. The van der Waals surface area contributed by atoms with Gasteiger partial charge in [-0.15, -0.1) is 0 Å². The van der Waals surface area contributed by atoms with Crippen LogP contribution in [0.2, 0.25) is 0 Å². The Morgan fingerprint density at radius 1 is 1.38 bits per heavy atom. The van der Waals surface area contributed by atoms with E-state index in [0.717, 1.165) is 11.4 Å². The summed E-state index contributed by atoms with van der Waals surface area (Å²) in [5.41, 5.74) is 2.03. The molecule has 0 amide bonds. The summed E-state index contributed by atoms with van der Waals surface area (Å²) in [4.78, 5) is 15.0. The Hall–Kier alpha value is -1.71. The molecule has 1 aliphatic rings. The molecule has 0 aromatic heterocycles. The molecule has 0 unspecified atom stereocenters. The number of hydrogen-bond acceptors (Lipinski definition) is 4. The van der Waals surface area contributed by atoms with Crippen molar-refractivity contribution in [2.45, 2.75) is 6.92 Å². The van der Waals surface area contributed by atoms with Crippen LogP contribution in [0.3, 0.4) is 0 Å². The van der Waals surface area contributed by atoms with Gasteiger partial charge in [0.1, 0.15) is 6.54 Å². The zero-order chi connectivity index (χ0) is 11.5. The lowest BCUT2D eigenvalue weighted by atomic mass is 10.2. The summed E-state index contributed by atoms with van der Waals surface area (Å²) in [5.74, 6) is -0.236. The van der Waals surface area contributed by atoms with E-state index >= 15 is 0 Å². The molecule has 2 rings (SSSR count). The summed E-state index contributed by atoms with van der Waals surface area (Å²) in [6, 6.07) is 7.86. The van der Waals surface area contributed by atoms with Gasteiger partial charge in [0.2, 0.25) is 6.67 Å². The maximum atomic E-state index is 11.4. The van der Waals surface area contributed by atoms with Crippen LogP contribution in [0.25, 0.3) is 0 Å². The predicted octanol–water partition coefficient (Wildman–Crippen LogP) is 1.50. The molecule has 1 aromatic carbocycles. The average Bonchev–Trinajstić information content (AvgIpc) is 2.57. The first-order chi connectivity index (χ1) is 7.72. The highest BCUT2D eigenvalue weighted by atomic mass is 16.5. The van der Waals surface area contributed by atoms with E-state index in [9.17, 15) is 4.79 Å². The standard InChI is InChI=1S/C12H14N2O2/c1-3-16-12(15)8-14-9-13(2)10-6-4-5-7-11(10)14/h4-7H,3,8H2,1-2H3. The average molecular weight is 218 g/mol. The Bertz CT molecular complexity index is 392. The summed E-state index contributed by atoms with van der Waals surface area (Å²) in [5, 5.41) is 0. The van der Waals surface area contributed by atoms with E-state index < -0.39 is 0 Å². The van der Waals surface area contributed by atoms with Crippen LogP contribution in [0.4, 0.5) is 11.4 Å². The van der Waals surface area contributed by atoms with Crippen LogP contribution in [0, 0.1) is 6.67 Å². The highest BCUT2D eigenvalue weighted by Crippen LogP contribution is 2.36. The van der Waals surface area contributed by atoms with Crippen molar-refractivity contribution in [3.8, 4) is 0 Å². The monoisotopic (exact) mass is 218 g/mol. The quantitative estimate of drug-likeness (QED) is 0.720. The molecule has 2 radical (unpaired) electrons. The van der Waals surface area contributed by atoms with Gasteiger partial charge in [-0.05, 0) is 19.1 Å². The van der Waals surface area contributed by atoms with Gasteiger partial charge in [0.25, 0.3) is 0 Å². The fraction of sp³-hybridized carbons (Fsp3) is 0.333. The van der Waals surface area contributed by atoms with Crippen molar-refractivity contribution in [2.75, 3.05) is 30.0 Å². The fourth-order valence-corrected chi connectivity index (χ4v) is 1.72. The Morgan fingerprint density at radius 2 is 2.06 bits per heavy atom. The maximum Gasteiger partial charge on any atom is 0.325 e. The number of carbonyl (C=O) groups excluding carboxylic acids is 1. The predicted molar refractivity (Wildman–Crippen MR) is 62.1 cm³/mol. The molecule has 84 valence electrons. The summed E-state index contributed by atoms with van der Waals surface area (Å²) in [6.07, 6.45) is 0. The van der Waals surface area contributed by atoms with E-state index in [1.54, 1.807) is 11.8 Å². The molecule has 0 aliphatic carbocycles. The van der Waals surface area contributed by atoms with E-state index in [1.807, 2.05) is 36.2 Å². The van der Waals surface area contributed by atoms with Crippen molar-refractivity contribution < 1.29 is 9.53 Å². The molecule has 0 bridgehead atoms. The Labute approximate surface area is 95.4 Å². The van der Waals surface area contributed by atoms with Gasteiger partial charge in [-0.3, -0.25) is 4.79 Å². The number of para-hydroxylation sites is 2. The Kier molecular flexibility index (Phi) is 2.99. The van der Waals surface area contributed by atoms with Crippen molar-refractivity contribution in [3.63, 3.8) is 0 Å². The summed E-state index contributed by atoms with van der Waals surface area (Å²) in [7, 11) is 1.91. The number of anilines is 2. The van der Waals surface area contributed by atoms with Gasteiger partial charge in [-0.1, -0.05) is 12.1 Å². The van der Waals surface area contributed by atoms with Crippen molar-refractivity contribution >= 4 is 17.3 Å². The molecule has 0 N–H and O–H groups in total. The summed E-state index contributed by atoms with van der Waals surface area (Å²) >= 11 is 0. The molecule has 4 nitrogen and oxygen atoms in total. The number of hydrogen-bond donors (Lipinski definition) is 0. The van der Waals surface area contributed by atoms with Gasteiger partial charge in [0, 0.05) is 7.05 Å². The van der Waals surface area contributed by atoms with Gasteiger partial charge in [-0.2, -0.15) is 0 Å². The van der Waals surface area contributed by atoms with Crippen molar-refractivity contribution in [1.29, 1.82) is 0 Å². The lowest BCUT2D eigenvalue weighted by Crippen LogP contribution is -2.29. The molecule has 0 atom stereocenters. The third kappa shape index (κ3) is 1.96. The fourth-order valence-electron chi connectivity index (χ4n) is 1.72. The van der Waals surface area contributed by atoms with Crippen LogP contribution in [0.1, 0.15) is 6.92 Å². The first-order valence-electron chi connectivity index (χ1n) is 5.24. The number of rotatable bonds is 3. The Morgan fingerprint density at radius 3 is 2.75 bits per heavy atom. The summed E-state index contributed by atoms with van der Waals surface area (Å²) in [6.45, 7) is 5.49.